The molecule has 1 aromatic carbocycles. The summed E-state index contributed by atoms with van der Waals surface area (Å²) in [6, 6.07) is 6.17. The largest absolute Gasteiger partial charge is 0.444 e. The highest BCUT2D eigenvalue weighted by molar-refractivity contribution is 6.28. The minimum atomic E-state index is -4.68. The lowest BCUT2D eigenvalue weighted by atomic mass is 10.2. The molecule has 0 radical (unpaired) electrons. The smallest absolute Gasteiger partial charge is 0.421 e. The third-order valence-electron chi connectivity index (χ3n) is 2.88. The van der Waals surface area contributed by atoms with Crippen LogP contribution in [0, 0.1) is 0 Å². The van der Waals surface area contributed by atoms with Gasteiger partial charge in [0.25, 0.3) is 0 Å². The van der Waals surface area contributed by atoms with E-state index in [1.54, 1.807) is 32.9 Å². The van der Waals surface area contributed by atoms with E-state index < -0.39 is 29.3 Å². The number of nitrogens with one attached hydrogen (secondary N) is 2. The Morgan fingerprint density at radius 3 is 2.35 bits per heavy atom. The molecule has 26 heavy (non-hydrogen) atoms. The number of alkyl halides is 3. The minimum absolute atomic E-state index is 0.179. The van der Waals surface area contributed by atoms with Gasteiger partial charge in [-0.1, -0.05) is 12.1 Å². The predicted octanol–water partition coefficient (Wildman–Crippen LogP) is 5.24. The van der Waals surface area contributed by atoms with Crippen LogP contribution in [0.25, 0.3) is 0 Å². The molecule has 0 saturated heterocycles. The molecule has 0 atom stereocenters. The zero-order chi connectivity index (χ0) is 19.5. The highest BCUT2D eigenvalue weighted by atomic mass is 35.5. The van der Waals surface area contributed by atoms with E-state index in [1.807, 2.05) is 0 Å². The van der Waals surface area contributed by atoms with Gasteiger partial charge in [0.05, 0.1) is 11.4 Å². The maximum absolute atomic E-state index is 13.1. The first-order valence-corrected chi connectivity index (χ1v) is 7.79. The minimum Gasteiger partial charge on any atom is -0.444 e. The first kappa shape index (κ1) is 19.8. The average molecular weight is 389 g/mol. The Labute approximate surface area is 152 Å². The van der Waals surface area contributed by atoms with Crippen LogP contribution >= 0.6 is 11.6 Å². The molecule has 2 N–H and O–H groups in total. The number of nitrogens with zero attached hydrogens (tertiary/aromatic N) is 2. The van der Waals surface area contributed by atoms with E-state index in [0.29, 0.717) is 6.20 Å². The van der Waals surface area contributed by atoms with E-state index in [0.717, 1.165) is 0 Å². The molecule has 1 aromatic heterocycles. The number of carbonyl (C=O) groups excluding carboxylic acids is 1. The van der Waals surface area contributed by atoms with Gasteiger partial charge < -0.3 is 10.1 Å². The van der Waals surface area contributed by atoms with Crippen molar-refractivity contribution in [2.45, 2.75) is 32.5 Å². The number of rotatable bonds is 3. The number of para-hydroxylation sites is 2. The summed E-state index contributed by atoms with van der Waals surface area (Å²) in [5.74, 6) is -0.532. The van der Waals surface area contributed by atoms with Crippen LogP contribution in [0.4, 0.5) is 35.2 Å². The molecule has 0 aliphatic carbocycles. The molecule has 10 heteroatoms. The Morgan fingerprint density at radius 2 is 1.77 bits per heavy atom. The van der Waals surface area contributed by atoms with Crippen LogP contribution < -0.4 is 10.6 Å². The second-order valence-electron chi connectivity index (χ2n) is 6.20. The Kier molecular flexibility index (Phi) is 5.60. The second-order valence-corrected chi connectivity index (χ2v) is 6.53. The lowest BCUT2D eigenvalue weighted by Gasteiger charge is -2.21. The average Bonchev–Trinajstić information content (AvgIpc) is 2.46. The van der Waals surface area contributed by atoms with Crippen LogP contribution in [0.1, 0.15) is 26.3 Å². The lowest BCUT2D eigenvalue weighted by molar-refractivity contribution is -0.137. The summed E-state index contributed by atoms with van der Waals surface area (Å²) in [6.45, 7) is 5.07. The number of halogens is 4. The van der Waals surface area contributed by atoms with Gasteiger partial charge in [0.15, 0.2) is 0 Å². The quantitative estimate of drug-likeness (QED) is 0.703. The van der Waals surface area contributed by atoms with Gasteiger partial charge in [0, 0.05) is 6.20 Å². The summed E-state index contributed by atoms with van der Waals surface area (Å²) in [5.41, 5.74) is -1.42. The molecule has 2 rings (SSSR count). The maximum atomic E-state index is 13.1. The third kappa shape index (κ3) is 5.48. The lowest BCUT2D eigenvalue weighted by Crippen LogP contribution is -2.27. The van der Waals surface area contributed by atoms with Gasteiger partial charge in [-0.05, 0) is 44.5 Å². The second kappa shape index (κ2) is 7.36. The monoisotopic (exact) mass is 388 g/mol. The van der Waals surface area contributed by atoms with Crippen LogP contribution in [-0.4, -0.2) is 21.7 Å². The van der Waals surface area contributed by atoms with E-state index >= 15 is 0 Å². The molecular weight excluding hydrogens is 373 g/mol. The van der Waals surface area contributed by atoms with Gasteiger partial charge in [-0.15, -0.1) is 0 Å². The molecule has 140 valence electrons. The van der Waals surface area contributed by atoms with Crippen molar-refractivity contribution in [3.8, 4) is 0 Å². The predicted molar refractivity (Wildman–Crippen MR) is 91.6 cm³/mol. The van der Waals surface area contributed by atoms with E-state index in [2.05, 4.69) is 20.6 Å². The molecule has 0 bridgehead atoms. The van der Waals surface area contributed by atoms with E-state index in [4.69, 9.17) is 16.3 Å². The molecule has 0 aliphatic heterocycles. The van der Waals surface area contributed by atoms with Gasteiger partial charge in [0.2, 0.25) is 5.28 Å². The van der Waals surface area contributed by atoms with Crippen LogP contribution in [0.2, 0.25) is 5.28 Å². The van der Waals surface area contributed by atoms with Gasteiger partial charge in [-0.3, -0.25) is 5.32 Å². The van der Waals surface area contributed by atoms with Gasteiger partial charge >= 0.3 is 12.3 Å². The topological polar surface area (TPSA) is 76.1 Å². The number of hydrogen-bond acceptors (Lipinski definition) is 5. The zero-order valence-corrected chi connectivity index (χ0v) is 14.9. The van der Waals surface area contributed by atoms with Crippen LogP contribution in [0.5, 0.6) is 0 Å². The fourth-order valence-corrected chi connectivity index (χ4v) is 2.04. The van der Waals surface area contributed by atoms with Crippen LogP contribution in [-0.2, 0) is 10.9 Å². The Morgan fingerprint density at radius 1 is 1.15 bits per heavy atom. The molecule has 0 unspecified atom stereocenters. The van der Waals surface area contributed by atoms with Crippen molar-refractivity contribution < 1.29 is 22.7 Å². The molecule has 2 aromatic rings. The first-order chi connectivity index (χ1) is 12.0. The molecular formula is C16H16ClF3N4O2. The van der Waals surface area contributed by atoms with Crippen molar-refractivity contribution in [3.05, 3.63) is 41.3 Å². The Hall–Kier alpha value is -2.55. The zero-order valence-electron chi connectivity index (χ0n) is 14.1. The Balaban J connectivity index is 2.32. The Bertz CT molecular complexity index is 807. The van der Waals surface area contributed by atoms with Crippen molar-refractivity contribution in [2.75, 3.05) is 10.6 Å². The number of amides is 1. The van der Waals surface area contributed by atoms with Crippen molar-refractivity contribution in [3.63, 3.8) is 0 Å². The maximum Gasteiger partial charge on any atom is 0.421 e. The number of ether oxygens (including phenoxy) is 1. The van der Waals surface area contributed by atoms with Crippen molar-refractivity contribution in [2.24, 2.45) is 0 Å². The molecule has 0 saturated carbocycles. The first-order valence-electron chi connectivity index (χ1n) is 7.41. The standard InChI is InChI=1S/C16H16ClF3N4O2/c1-15(2,3)26-14(25)23-11-7-5-4-6-10(11)22-12-9(16(18,19)20)8-21-13(17)24-12/h4-8H,1-3H3,(H,23,25)(H,21,22,24). The van der Waals surface area contributed by atoms with Gasteiger partial charge in [0.1, 0.15) is 17.0 Å². The van der Waals surface area contributed by atoms with Crippen molar-refractivity contribution in [1.29, 1.82) is 0 Å². The van der Waals surface area contributed by atoms with E-state index in [1.165, 1.54) is 12.1 Å². The van der Waals surface area contributed by atoms with Crippen molar-refractivity contribution >= 4 is 34.9 Å². The summed E-state index contributed by atoms with van der Waals surface area (Å²) in [6.07, 6.45) is -4.84. The highest BCUT2D eigenvalue weighted by Gasteiger charge is 2.35. The molecule has 1 heterocycles. The fourth-order valence-electron chi connectivity index (χ4n) is 1.91. The highest BCUT2D eigenvalue weighted by Crippen LogP contribution is 2.36. The number of hydrogen-bond donors (Lipinski definition) is 2. The van der Waals surface area contributed by atoms with E-state index in [9.17, 15) is 18.0 Å². The number of aromatic nitrogens is 2. The summed E-state index contributed by atoms with van der Waals surface area (Å²) in [7, 11) is 0. The molecule has 0 aliphatic rings. The van der Waals surface area contributed by atoms with Crippen LogP contribution in [0.15, 0.2) is 30.5 Å². The molecule has 0 fully saturated rings. The third-order valence-corrected chi connectivity index (χ3v) is 3.06. The fraction of sp³-hybridized carbons (Fsp3) is 0.312. The number of anilines is 3. The SMILES string of the molecule is CC(C)(C)OC(=O)Nc1ccccc1Nc1nc(Cl)ncc1C(F)(F)F. The summed E-state index contributed by atoms with van der Waals surface area (Å²) in [4.78, 5) is 18.9. The van der Waals surface area contributed by atoms with Gasteiger partial charge in [-0.25, -0.2) is 9.78 Å². The summed E-state index contributed by atoms with van der Waals surface area (Å²) >= 11 is 5.61. The summed E-state index contributed by atoms with van der Waals surface area (Å²) < 4.78 is 44.5. The molecule has 1 amide bonds. The number of carbonyl (C=O) groups is 1. The van der Waals surface area contributed by atoms with Gasteiger partial charge in [-0.2, -0.15) is 18.2 Å². The normalized spacial score (nSPS) is 11.8. The number of benzene rings is 1. The van der Waals surface area contributed by atoms with E-state index in [-0.39, 0.29) is 16.7 Å². The summed E-state index contributed by atoms with van der Waals surface area (Å²) in [5, 5.41) is 4.66. The molecule has 0 spiro atoms. The molecule has 6 nitrogen and oxygen atoms in total. The van der Waals surface area contributed by atoms with Crippen molar-refractivity contribution in [1.82, 2.24) is 9.97 Å². The van der Waals surface area contributed by atoms with Crippen LogP contribution in [0.3, 0.4) is 0 Å².